The molecule has 2 rings (SSSR count). The van der Waals surface area contributed by atoms with Crippen LogP contribution in [0.1, 0.15) is 33.6 Å². The molecule has 0 atom stereocenters. The number of ether oxygens (including phenoxy) is 1. The van der Waals surface area contributed by atoms with E-state index < -0.39 is 0 Å². The number of nitrogens with one attached hydrogen (secondary N) is 1. The van der Waals surface area contributed by atoms with Gasteiger partial charge in [-0.1, -0.05) is 0 Å². The summed E-state index contributed by atoms with van der Waals surface area (Å²) in [6.45, 7) is 9.16. The average Bonchev–Trinajstić information content (AvgIpc) is 2.39. The summed E-state index contributed by atoms with van der Waals surface area (Å²) in [7, 11) is 0. The van der Waals surface area contributed by atoms with Gasteiger partial charge < -0.3 is 15.0 Å². The minimum absolute atomic E-state index is 0.449. The average molecular weight is 263 g/mol. The van der Waals surface area contributed by atoms with Crippen LogP contribution < -0.4 is 10.2 Å². The number of pyridine rings is 1. The van der Waals surface area contributed by atoms with Crippen LogP contribution in [-0.4, -0.2) is 36.8 Å². The molecule has 0 aliphatic heterocycles. The summed E-state index contributed by atoms with van der Waals surface area (Å²) in [6, 6.07) is 4.75. The van der Waals surface area contributed by atoms with Crippen molar-refractivity contribution in [2.45, 2.75) is 45.8 Å². The van der Waals surface area contributed by atoms with Crippen LogP contribution in [-0.2, 0) is 4.74 Å². The minimum atomic E-state index is 0.449. The Labute approximate surface area is 116 Å². The van der Waals surface area contributed by atoms with Crippen LogP contribution >= 0.6 is 0 Å². The Bertz CT molecular complexity index is 369. The molecular weight excluding hydrogens is 238 g/mol. The third-order valence-electron chi connectivity index (χ3n) is 3.70. The molecule has 1 aliphatic carbocycles. The van der Waals surface area contributed by atoms with Crippen LogP contribution in [0.4, 0.5) is 11.5 Å². The van der Waals surface area contributed by atoms with Crippen molar-refractivity contribution in [2.24, 2.45) is 0 Å². The molecular formula is C15H25N3O. The van der Waals surface area contributed by atoms with E-state index >= 15 is 0 Å². The lowest BCUT2D eigenvalue weighted by molar-refractivity contribution is 0.00299. The predicted octanol–water partition coefficient (Wildman–Crippen LogP) is 2.91. The number of hydrogen-bond acceptors (Lipinski definition) is 4. The lowest BCUT2D eigenvalue weighted by atomic mass is 9.89. The lowest BCUT2D eigenvalue weighted by Gasteiger charge is -2.36. The van der Waals surface area contributed by atoms with E-state index in [9.17, 15) is 0 Å². The molecule has 1 aromatic rings. The van der Waals surface area contributed by atoms with Gasteiger partial charge in [0.15, 0.2) is 0 Å². The van der Waals surface area contributed by atoms with E-state index in [4.69, 9.17) is 4.74 Å². The van der Waals surface area contributed by atoms with E-state index in [0.29, 0.717) is 12.1 Å². The summed E-state index contributed by atoms with van der Waals surface area (Å²) in [5.74, 6) is 1.05. The second-order valence-corrected chi connectivity index (χ2v) is 4.97. The zero-order valence-electron chi connectivity index (χ0n) is 12.2. The molecule has 0 unspecified atom stereocenters. The smallest absolute Gasteiger partial charge is 0.128 e. The quantitative estimate of drug-likeness (QED) is 0.821. The van der Waals surface area contributed by atoms with Crippen molar-refractivity contribution in [3.05, 3.63) is 18.3 Å². The van der Waals surface area contributed by atoms with Gasteiger partial charge in [-0.2, -0.15) is 0 Å². The fraction of sp³-hybridized carbons (Fsp3) is 0.667. The van der Waals surface area contributed by atoms with Crippen LogP contribution in [0, 0.1) is 0 Å². The maximum atomic E-state index is 5.56. The summed E-state index contributed by atoms with van der Waals surface area (Å²) in [5, 5.41) is 3.51. The molecule has 4 heteroatoms. The first-order valence-electron chi connectivity index (χ1n) is 7.35. The highest BCUT2D eigenvalue weighted by Gasteiger charge is 2.29. The Morgan fingerprint density at radius 3 is 2.53 bits per heavy atom. The fourth-order valence-corrected chi connectivity index (χ4v) is 2.50. The monoisotopic (exact) mass is 263 g/mol. The molecule has 1 N–H and O–H groups in total. The van der Waals surface area contributed by atoms with Gasteiger partial charge in [0.1, 0.15) is 5.82 Å². The van der Waals surface area contributed by atoms with Gasteiger partial charge in [0.05, 0.1) is 18.0 Å². The summed E-state index contributed by atoms with van der Waals surface area (Å²) in [4.78, 5) is 6.77. The molecule has 1 fully saturated rings. The van der Waals surface area contributed by atoms with Crippen LogP contribution in [0.2, 0.25) is 0 Å². The second kappa shape index (κ2) is 6.75. The van der Waals surface area contributed by atoms with Gasteiger partial charge in [0, 0.05) is 25.7 Å². The number of nitrogens with zero attached hydrogens (tertiary/aromatic N) is 2. The van der Waals surface area contributed by atoms with E-state index in [-0.39, 0.29) is 0 Å². The Morgan fingerprint density at radius 2 is 2.00 bits per heavy atom. The number of rotatable bonds is 7. The van der Waals surface area contributed by atoms with E-state index in [1.54, 1.807) is 0 Å². The first-order valence-corrected chi connectivity index (χ1v) is 7.35. The largest absolute Gasteiger partial charge is 0.381 e. The van der Waals surface area contributed by atoms with Crippen LogP contribution in [0.15, 0.2) is 18.3 Å². The maximum absolute atomic E-state index is 5.56. The first-order chi connectivity index (χ1) is 9.26. The molecule has 4 nitrogen and oxygen atoms in total. The van der Waals surface area contributed by atoms with Gasteiger partial charge in [-0.15, -0.1) is 0 Å². The summed E-state index contributed by atoms with van der Waals surface area (Å²) >= 11 is 0. The van der Waals surface area contributed by atoms with E-state index in [0.717, 1.165) is 44.0 Å². The Morgan fingerprint density at radius 1 is 1.26 bits per heavy atom. The molecule has 0 aromatic carbocycles. The normalized spacial score (nSPS) is 21.8. The van der Waals surface area contributed by atoms with E-state index in [2.05, 4.69) is 48.1 Å². The Balaban J connectivity index is 1.83. The van der Waals surface area contributed by atoms with Crippen molar-refractivity contribution in [1.29, 1.82) is 0 Å². The van der Waals surface area contributed by atoms with Gasteiger partial charge >= 0.3 is 0 Å². The molecule has 1 aliphatic rings. The number of hydrogen-bond donors (Lipinski definition) is 1. The molecule has 0 bridgehead atoms. The molecule has 1 aromatic heterocycles. The molecule has 19 heavy (non-hydrogen) atoms. The molecule has 1 heterocycles. The standard InChI is InChI=1S/C15H25N3O/c1-4-18(5-2)15-8-7-12(11-16-15)17-13-9-14(10-13)19-6-3/h7-8,11,13-14,17H,4-6,9-10H2,1-3H3. The lowest BCUT2D eigenvalue weighted by Crippen LogP contribution is -2.40. The summed E-state index contributed by atoms with van der Waals surface area (Å²) in [6.07, 6.45) is 4.59. The highest BCUT2D eigenvalue weighted by molar-refractivity contribution is 5.49. The number of aromatic nitrogens is 1. The number of anilines is 2. The highest BCUT2D eigenvalue weighted by Crippen LogP contribution is 2.27. The maximum Gasteiger partial charge on any atom is 0.128 e. The minimum Gasteiger partial charge on any atom is -0.381 e. The Hall–Kier alpha value is -1.29. The van der Waals surface area contributed by atoms with Crippen molar-refractivity contribution < 1.29 is 4.74 Å². The SMILES string of the molecule is CCOC1CC(Nc2ccc(N(CC)CC)nc2)C1. The van der Waals surface area contributed by atoms with Gasteiger partial charge in [0.25, 0.3) is 0 Å². The summed E-state index contributed by atoms with van der Waals surface area (Å²) < 4.78 is 5.56. The van der Waals surface area contributed by atoms with Gasteiger partial charge in [-0.05, 0) is 45.7 Å². The van der Waals surface area contributed by atoms with Gasteiger partial charge in [0.2, 0.25) is 0 Å². The van der Waals surface area contributed by atoms with E-state index in [1.165, 1.54) is 0 Å². The van der Waals surface area contributed by atoms with Gasteiger partial charge in [-0.3, -0.25) is 0 Å². The molecule has 0 spiro atoms. The molecule has 0 radical (unpaired) electrons. The van der Waals surface area contributed by atoms with Crippen molar-refractivity contribution in [3.8, 4) is 0 Å². The topological polar surface area (TPSA) is 37.4 Å². The second-order valence-electron chi connectivity index (χ2n) is 4.97. The molecule has 0 saturated heterocycles. The van der Waals surface area contributed by atoms with Crippen molar-refractivity contribution in [1.82, 2.24) is 4.98 Å². The van der Waals surface area contributed by atoms with Crippen molar-refractivity contribution >= 4 is 11.5 Å². The molecule has 106 valence electrons. The van der Waals surface area contributed by atoms with Crippen molar-refractivity contribution in [3.63, 3.8) is 0 Å². The fourth-order valence-electron chi connectivity index (χ4n) is 2.50. The van der Waals surface area contributed by atoms with Crippen molar-refractivity contribution in [2.75, 3.05) is 29.9 Å². The molecule has 0 amide bonds. The third kappa shape index (κ3) is 3.60. The first kappa shape index (κ1) is 14.1. The zero-order valence-corrected chi connectivity index (χ0v) is 12.2. The van der Waals surface area contributed by atoms with Crippen LogP contribution in [0.3, 0.4) is 0 Å². The highest BCUT2D eigenvalue weighted by atomic mass is 16.5. The Kier molecular flexibility index (Phi) is 5.02. The molecule has 1 saturated carbocycles. The van der Waals surface area contributed by atoms with Crippen LogP contribution in [0.5, 0.6) is 0 Å². The van der Waals surface area contributed by atoms with Gasteiger partial charge in [-0.25, -0.2) is 4.98 Å². The predicted molar refractivity (Wildman–Crippen MR) is 79.9 cm³/mol. The van der Waals surface area contributed by atoms with E-state index in [1.807, 2.05) is 6.20 Å². The zero-order chi connectivity index (χ0) is 13.7. The van der Waals surface area contributed by atoms with Crippen LogP contribution in [0.25, 0.3) is 0 Å². The third-order valence-corrected chi connectivity index (χ3v) is 3.70. The summed E-state index contributed by atoms with van der Waals surface area (Å²) in [5.41, 5.74) is 1.11.